The van der Waals surface area contributed by atoms with Gasteiger partial charge in [0.25, 0.3) is 0 Å². The quantitative estimate of drug-likeness (QED) is 0.263. The predicted octanol–water partition coefficient (Wildman–Crippen LogP) is 1.16. The molecule has 2 aromatic rings. The van der Waals surface area contributed by atoms with Crippen LogP contribution in [0.4, 0.5) is 0 Å². The lowest BCUT2D eigenvalue weighted by molar-refractivity contribution is 0.0585. The van der Waals surface area contributed by atoms with Gasteiger partial charge in [0.05, 0.1) is 14.2 Å². The van der Waals surface area contributed by atoms with E-state index in [4.69, 9.17) is 0 Å². The van der Waals surface area contributed by atoms with E-state index in [1.54, 1.807) is 0 Å². The Bertz CT molecular complexity index is 916. The summed E-state index contributed by atoms with van der Waals surface area (Å²) in [6.45, 7) is 0. The molecule has 0 radical (unpaired) electrons. The average Bonchev–Trinajstić information content (AvgIpc) is 2.63. The molecule has 2 aromatic carbocycles. The normalized spacial score (nSPS) is 10.4. The lowest BCUT2D eigenvalue weighted by Gasteiger charge is -2.17. The second-order valence-electron chi connectivity index (χ2n) is 4.98. The molecule has 10 heteroatoms. The summed E-state index contributed by atoms with van der Waals surface area (Å²) in [6, 6.07) is 1.94. The highest BCUT2D eigenvalue weighted by Gasteiger charge is 2.33. The lowest BCUT2D eigenvalue weighted by atomic mass is 9.92. The van der Waals surface area contributed by atoms with Crippen LogP contribution in [0.25, 0.3) is 11.1 Å². The molecule has 0 aliphatic heterocycles. The molecule has 26 heavy (non-hydrogen) atoms. The Balaban J connectivity index is 3.05. The van der Waals surface area contributed by atoms with Crippen molar-refractivity contribution in [3.63, 3.8) is 0 Å². The molecular formula is C16H14O10. The number of ether oxygens (including phenoxy) is 2. The van der Waals surface area contributed by atoms with Crippen molar-refractivity contribution >= 4 is 11.9 Å². The van der Waals surface area contributed by atoms with Gasteiger partial charge in [-0.2, -0.15) is 0 Å². The molecule has 0 aromatic heterocycles. The summed E-state index contributed by atoms with van der Waals surface area (Å²) < 4.78 is 8.98. The fourth-order valence-electron chi connectivity index (χ4n) is 2.36. The van der Waals surface area contributed by atoms with Crippen LogP contribution < -0.4 is 0 Å². The Morgan fingerprint density at radius 3 is 1.73 bits per heavy atom. The first-order chi connectivity index (χ1) is 12.2. The number of phenols is 6. The Hall–Kier alpha value is -3.82. The highest BCUT2D eigenvalue weighted by Crippen LogP contribution is 2.53. The molecule has 0 aliphatic carbocycles. The standard InChI is InChI=1S/C16H14O10/c1-25-15(23)8-5(3-4-6(17)10(8)18)7-9(16(24)26-2)12(20)14(22)13(21)11(7)19/h3-4,17-22H,1-2H3. The van der Waals surface area contributed by atoms with E-state index in [1.165, 1.54) is 0 Å². The van der Waals surface area contributed by atoms with E-state index >= 15 is 0 Å². The van der Waals surface area contributed by atoms with Gasteiger partial charge in [0.1, 0.15) is 11.1 Å². The largest absolute Gasteiger partial charge is 0.504 e. The van der Waals surface area contributed by atoms with Gasteiger partial charge in [0.15, 0.2) is 23.0 Å². The second kappa shape index (κ2) is 6.59. The molecule has 0 aliphatic rings. The molecule has 0 spiro atoms. The third kappa shape index (κ3) is 2.62. The Morgan fingerprint density at radius 2 is 1.19 bits per heavy atom. The predicted molar refractivity (Wildman–Crippen MR) is 84.5 cm³/mol. The second-order valence-corrected chi connectivity index (χ2v) is 4.98. The van der Waals surface area contributed by atoms with E-state index in [9.17, 15) is 40.2 Å². The molecule has 0 bridgehead atoms. The third-order valence-electron chi connectivity index (χ3n) is 3.60. The molecule has 0 unspecified atom stereocenters. The first kappa shape index (κ1) is 18.5. The van der Waals surface area contributed by atoms with Crippen LogP contribution in [0.5, 0.6) is 34.5 Å². The van der Waals surface area contributed by atoms with Gasteiger partial charge in [-0.3, -0.25) is 0 Å². The van der Waals surface area contributed by atoms with Gasteiger partial charge in [0, 0.05) is 11.1 Å². The molecule has 0 saturated heterocycles. The van der Waals surface area contributed by atoms with Gasteiger partial charge in [-0.1, -0.05) is 0 Å². The van der Waals surface area contributed by atoms with Gasteiger partial charge >= 0.3 is 11.9 Å². The lowest BCUT2D eigenvalue weighted by Crippen LogP contribution is -2.09. The summed E-state index contributed by atoms with van der Waals surface area (Å²) in [4.78, 5) is 24.0. The van der Waals surface area contributed by atoms with Crippen molar-refractivity contribution in [1.82, 2.24) is 0 Å². The SMILES string of the molecule is COC(=O)c1c(-c2c(O)c(O)c(O)c(O)c2C(=O)OC)ccc(O)c1O. The molecule has 2 rings (SSSR count). The minimum atomic E-state index is -1.23. The topological polar surface area (TPSA) is 174 Å². The van der Waals surface area contributed by atoms with Crippen molar-refractivity contribution in [3.8, 4) is 45.6 Å². The number of aromatic hydroxyl groups is 6. The number of hydrogen-bond donors (Lipinski definition) is 6. The zero-order valence-electron chi connectivity index (χ0n) is 13.5. The van der Waals surface area contributed by atoms with E-state index in [0.717, 1.165) is 26.4 Å². The molecule has 0 atom stereocenters. The molecule has 10 nitrogen and oxygen atoms in total. The van der Waals surface area contributed by atoms with Crippen molar-refractivity contribution in [2.75, 3.05) is 14.2 Å². The number of methoxy groups -OCH3 is 2. The van der Waals surface area contributed by atoms with E-state index in [-0.39, 0.29) is 0 Å². The Kier molecular flexibility index (Phi) is 4.69. The maximum atomic E-state index is 12.0. The van der Waals surface area contributed by atoms with Crippen molar-refractivity contribution in [1.29, 1.82) is 0 Å². The monoisotopic (exact) mass is 366 g/mol. The number of esters is 2. The van der Waals surface area contributed by atoms with Gasteiger partial charge in [-0.05, 0) is 12.1 Å². The van der Waals surface area contributed by atoms with E-state index < -0.39 is 68.7 Å². The summed E-state index contributed by atoms with van der Waals surface area (Å²) in [5.41, 5.74) is -2.50. The highest BCUT2D eigenvalue weighted by atomic mass is 16.5. The van der Waals surface area contributed by atoms with Crippen molar-refractivity contribution < 1.29 is 49.7 Å². The molecule has 0 fully saturated rings. The number of rotatable bonds is 3. The van der Waals surface area contributed by atoms with Crippen LogP contribution in [0, 0.1) is 0 Å². The molecule has 0 amide bonds. The molecular weight excluding hydrogens is 352 g/mol. The minimum Gasteiger partial charge on any atom is -0.504 e. The van der Waals surface area contributed by atoms with Crippen LogP contribution in [0.1, 0.15) is 20.7 Å². The first-order valence-electron chi connectivity index (χ1n) is 6.89. The first-order valence-corrected chi connectivity index (χ1v) is 6.89. The maximum absolute atomic E-state index is 12.0. The van der Waals surface area contributed by atoms with Gasteiger partial charge in [-0.15, -0.1) is 0 Å². The number of carbonyl (C=O) groups is 2. The summed E-state index contributed by atoms with van der Waals surface area (Å²) in [5.74, 6) is -8.64. The van der Waals surface area contributed by atoms with Crippen LogP contribution in [-0.4, -0.2) is 56.8 Å². The van der Waals surface area contributed by atoms with E-state index in [0.29, 0.717) is 0 Å². The molecule has 138 valence electrons. The summed E-state index contributed by atoms with van der Waals surface area (Å²) in [5, 5.41) is 59.2. The number of hydrogen-bond acceptors (Lipinski definition) is 10. The van der Waals surface area contributed by atoms with E-state index in [1.807, 2.05) is 0 Å². The van der Waals surface area contributed by atoms with Crippen molar-refractivity contribution in [2.45, 2.75) is 0 Å². The van der Waals surface area contributed by atoms with Crippen LogP contribution in [0.15, 0.2) is 12.1 Å². The molecule has 0 saturated carbocycles. The maximum Gasteiger partial charge on any atom is 0.342 e. The Labute approximate surface area is 145 Å². The van der Waals surface area contributed by atoms with Gasteiger partial charge < -0.3 is 40.1 Å². The smallest absolute Gasteiger partial charge is 0.342 e. The zero-order valence-corrected chi connectivity index (χ0v) is 13.5. The summed E-state index contributed by atoms with van der Waals surface area (Å²) >= 11 is 0. The number of phenolic OH excluding ortho intramolecular Hbond substituents is 6. The fraction of sp³-hybridized carbons (Fsp3) is 0.125. The van der Waals surface area contributed by atoms with Crippen LogP contribution in [0.2, 0.25) is 0 Å². The van der Waals surface area contributed by atoms with Gasteiger partial charge in [-0.25, -0.2) is 9.59 Å². The number of carbonyl (C=O) groups excluding carboxylic acids is 2. The van der Waals surface area contributed by atoms with Gasteiger partial charge in [0.2, 0.25) is 11.5 Å². The zero-order chi connectivity index (χ0) is 19.8. The highest BCUT2D eigenvalue weighted by molar-refractivity contribution is 6.09. The van der Waals surface area contributed by atoms with Crippen LogP contribution in [0.3, 0.4) is 0 Å². The summed E-state index contributed by atoms with van der Waals surface area (Å²) in [6.07, 6.45) is 0. The van der Waals surface area contributed by atoms with Crippen LogP contribution in [-0.2, 0) is 9.47 Å². The van der Waals surface area contributed by atoms with Crippen molar-refractivity contribution in [2.24, 2.45) is 0 Å². The Morgan fingerprint density at radius 1 is 0.692 bits per heavy atom. The third-order valence-corrected chi connectivity index (χ3v) is 3.60. The fourth-order valence-corrected chi connectivity index (χ4v) is 2.36. The minimum absolute atomic E-state index is 0.393. The summed E-state index contributed by atoms with van der Waals surface area (Å²) in [7, 11) is 1.92. The molecule has 6 N–H and O–H groups in total. The average molecular weight is 366 g/mol. The molecule has 0 heterocycles. The van der Waals surface area contributed by atoms with E-state index in [2.05, 4.69) is 9.47 Å². The van der Waals surface area contributed by atoms with Crippen LogP contribution >= 0.6 is 0 Å². The van der Waals surface area contributed by atoms with Crippen molar-refractivity contribution in [3.05, 3.63) is 23.3 Å². The number of benzene rings is 2.